The summed E-state index contributed by atoms with van der Waals surface area (Å²) in [5, 5.41) is 9.38. The molecule has 6 heteroatoms. The van der Waals surface area contributed by atoms with Crippen LogP contribution in [-0.2, 0) is 11.2 Å². The maximum atomic E-state index is 12.1. The normalized spacial score (nSPS) is 21.0. The lowest BCUT2D eigenvalue weighted by Gasteiger charge is -2.32. The molecule has 1 aromatic heterocycles. The van der Waals surface area contributed by atoms with E-state index in [1.165, 1.54) is 10.8 Å². The van der Waals surface area contributed by atoms with Gasteiger partial charge in [0, 0.05) is 23.7 Å². The van der Waals surface area contributed by atoms with Gasteiger partial charge in [0.1, 0.15) is 0 Å². The first kappa shape index (κ1) is 13.8. The summed E-state index contributed by atoms with van der Waals surface area (Å²) in [6, 6.07) is 7.63. The van der Waals surface area contributed by atoms with Crippen LogP contribution in [-0.4, -0.2) is 27.4 Å². The number of aliphatic hydroxyl groups is 1. The lowest BCUT2D eigenvalue weighted by molar-refractivity contribution is -0.0660. The lowest BCUT2D eigenvalue weighted by Crippen LogP contribution is -2.39. The van der Waals surface area contributed by atoms with Crippen molar-refractivity contribution in [2.45, 2.75) is 25.7 Å². The predicted molar refractivity (Wildman–Crippen MR) is 76.3 cm³/mol. The maximum absolute atomic E-state index is 12.1. The van der Waals surface area contributed by atoms with E-state index in [1.807, 2.05) is 24.3 Å². The largest absolute Gasteiger partial charge is 0.394 e. The molecule has 2 atom stereocenters. The van der Waals surface area contributed by atoms with Gasteiger partial charge in [-0.15, -0.1) is 0 Å². The zero-order valence-electron chi connectivity index (χ0n) is 11.6. The van der Waals surface area contributed by atoms with E-state index < -0.39 is 17.5 Å². The molecule has 0 bridgehead atoms. The molecular formula is C15H16N2O4. The fraction of sp³-hybridized carbons (Fsp3) is 0.333. The van der Waals surface area contributed by atoms with E-state index in [0.29, 0.717) is 12.0 Å². The molecule has 0 unspecified atom stereocenters. The summed E-state index contributed by atoms with van der Waals surface area (Å²) >= 11 is 0. The van der Waals surface area contributed by atoms with Gasteiger partial charge in [-0.05, 0) is 12.5 Å². The number of ether oxygens (including phenoxy) is 1. The van der Waals surface area contributed by atoms with Gasteiger partial charge in [-0.25, -0.2) is 4.79 Å². The standard InChI is InChI=1S/C15H16N2O4/c1-9-7-17(15(20)16-13(9)19)14-12-5-3-2-4-10(12)6-11(8-18)21-14/h2-5,7,11,14,18H,6,8H2,1H3,(H,16,19,20)/t11-,14+/m0/s1. The van der Waals surface area contributed by atoms with E-state index in [1.54, 1.807) is 6.92 Å². The third kappa shape index (κ3) is 2.43. The van der Waals surface area contributed by atoms with Crippen LogP contribution in [0.25, 0.3) is 0 Å². The first-order valence-electron chi connectivity index (χ1n) is 6.76. The number of aromatic amines is 1. The molecule has 0 amide bonds. The Balaban J connectivity index is 2.16. The quantitative estimate of drug-likeness (QED) is 0.834. The Labute approximate surface area is 120 Å². The number of nitrogens with zero attached hydrogens (tertiary/aromatic N) is 1. The number of benzene rings is 1. The first-order valence-corrected chi connectivity index (χ1v) is 6.76. The molecule has 2 heterocycles. The molecule has 0 fully saturated rings. The molecule has 0 spiro atoms. The molecule has 0 radical (unpaired) electrons. The van der Waals surface area contributed by atoms with E-state index in [-0.39, 0.29) is 12.7 Å². The van der Waals surface area contributed by atoms with Crippen LogP contribution in [0.4, 0.5) is 0 Å². The number of H-pyrrole nitrogens is 1. The number of fused-ring (bicyclic) bond motifs is 1. The first-order chi connectivity index (χ1) is 10.1. The molecule has 1 aliphatic heterocycles. The molecule has 3 rings (SSSR count). The van der Waals surface area contributed by atoms with Gasteiger partial charge < -0.3 is 9.84 Å². The lowest BCUT2D eigenvalue weighted by atomic mass is 9.97. The summed E-state index contributed by atoms with van der Waals surface area (Å²) in [6.07, 6.45) is 1.07. The summed E-state index contributed by atoms with van der Waals surface area (Å²) in [5.74, 6) is 0. The second kappa shape index (κ2) is 5.31. The van der Waals surface area contributed by atoms with E-state index >= 15 is 0 Å². The minimum absolute atomic E-state index is 0.123. The van der Waals surface area contributed by atoms with Crippen LogP contribution in [0.15, 0.2) is 40.1 Å². The van der Waals surface area contributed by atoms with E-state index in [2.05, 4.69) is 4.98 Å². The van der Waals surface area contributed by atoms with Crippen LogP contribution < -0.4 is 11.2 Å². The van der Waals surface area contributed by atoms with Gasteiger partial charge in [0.15, 0.2) is 6.23 Å². The van der Waals surface area contributed by atoms with Crippen molar-refractivity contribution in [3.63, 3.8) is 0 Å². The SMILES string of the molecule is Cc1cn([C@@H]2O[C@H](CO)Cc3ccccc32)c(=O)[nH]c1=O. The van der Waals surface area contributed by atoms with Crippen molar-refractivity contribution in [3.05, 3.63) is 68.0 Å². The highest BCUT2D eigenvalue weighted by Gasteiger charge is 2.29. The summed E-state index contributed by atoms with van der Waals surface area (Å²) in [7, 11) is 0. The number of nitrogens with one attached hydrogen (secondary N) is 1. The van der Waals surface area contributed by atoms with Gasteiger partial charge in [0.2, 0.25) is 0 Å². The van der Waals surface area contributed by atoms with Crippen molar-refractivity contribution in [3.8, 4) is 0 Å². The minimum atomic E-state index is -0.643. The minimum Gasteiger partial charge on any atom is -0.394 e. The maximum Gasteiger partial charge on any atom is 0.330 e. The summed E-state index contributed by atoms with van der Waals surface area (Å²) in [5.41, 5.74) is 1.41. The molecule has 0 aliphatic carbocycles. The van der Waals surface area contributed by atoms with Crippen LogP contribution in [0, 0.1) is 6.92 Å². The van der Waals surface area contributed by atoms with Crippen molar-refractivity contribution in [2.75, 3.05) is 6.61 Å². The molecule has 2 N–H and O–H groups in total. The summed E-state index contributed by atoms with van der Waals surface area (Å²) in [6.45, 7) is 1.51. The molecule has 0 saturated carbocycles. The van der Waals surface area contributed by atoms with Crippen LogP contribution in [0.1, 0.15) is 22.9 Å². The van der Waals surface area contributed by atoms with Gasteiger partial charge in [-0.1, -0.05) is 24.3 Å². The van der Waals surface area contributed by atoms with Crippen LogP contribution in [0.3, 0.4) is 0 Å². The van der Waals surface area contributed by atoms with Gasteiger partial charge in [-0.2, -0.15) is 0 Å². The third-order valence-corrected chi connectivity index (χ3v) is 3.69. The number of aromatic nitrogens is 2. The topological polar surface area (TPSA) is 84.3 Å². The number of aliphatic hydroxyl groups excluding tert-OH is 1. The number of rotatable bonds is 2. The van der Waals surface area contributed by atoms with Crippen LogP contribution in [0.2, 0.25) is 0 Å². The van der Waals surface area contributed by atoms with E-state index in [9.17, 15) is 14.7 Å². The Hall–Kier alpha value is -2.18. The zero-order valence-corrected chi connectivity index (χ0v) is 11.6. The van der Waals surface area contributed by atoms with Gasteiger partial charge in [0.05, 0.1) is 12.7 Å². The second-order valence-electron chi connectivity index (χ2n) is 5.17. The van der Waals surface area contributed by atoms with E-state index in [0.717, 1.165) is 11.1 Å². The second-order valence-corrected chi connectivity index (χ2v) is 5.17. The van der Waals surface area contributed by atoms with Gasteiger partial charge in [0.25, 0.3) is 5.56 Å². The molecule has 110 valence electrons. The monoisotopic (exact) mass is 288 g/mol. The number of hydrogen-bond donors (Lipinski definition) is 2. The van der Waals surface area contributed by atoms with Crippen molar-refractivity contribution < 1.29 is 9.84 Å². The van der Waals surface area contributed by atoms with E-state index in [4.69, 9.17) is 4.74 Å². The number of aryl methyl sites for hydroxylation is 1. The predicted octanol–water partition coefficient (Wildman–Crippen LogP) is 0.326. The van der Waals surface area contributed by atoms with Crippen molar-refractivity contribution in [1.29, 1.82) is 0 Å². The average molecular weight is 288 g/mol. The molecule has 21 heavy (non-hydrogen) atoms. The van der Waals surface area contributed by atoms with Crippen LogP contribution in [0.5, 0.6) is 0 Å². The molecular weight excluding hydrogens is 272 g/mol. The van der Waals surface area contributed by atoms with Crippen molar-refractivity contribution in [1.82, 2.24) is 9.55 Å². The third-order valence-electron chi connectivity index (χ3n) is 3.69. The molecule has 1 aliphatic rings. The molecule has 2 aromatic rings. The highest BCUT2D eigenvalue weighted by atomic mass is 16.5. The van der Waals surface area contributed by atoms with Crippen molar-refractivity contribution in [2.24, 2.45) is 0 Å². The molecule has 6 nitrogen and oxygen atoms in total. The highest BCUT2D eigenvalue weighted by Crippen LogP contribution is 2.30. The highest BCUT2D eigenvalue weighted by molar-refractivity contribution is 5.32. The fourth-order valence-electron chi connectivity index (χ4n) is 2.59. The Kier molecular flexibility index (Phi) is 3.48. The fourth-order valence-corrected chi connectivity index (χ4v) is 2.59. The molecule has 0 saturated heterocycles. The van der Waals surface area contributed by atoms with Gasteiger partial charge >= 0.3 is 5.69 Å². The Morgan fingerprint density at radius 3 is 2.90 bits per heavy atom. The molecule has 1 aromatic carbocycles. The zero-order chi connectivity index (χ0) is 15.0. The van der Waals surface area contributed by atoms with Crippen LogP contribution >= 0.6 is 0 Å². The Bertz CT molecular complexity index is 778. The Morgan fingerprint density at radius 1 is 1.38 bits per heavy atom. The number of hydrogen-bond acceptors (Lipinski definition) is 4. The van der Waals surface area contributed by atoms with Gasteiger partial charge in [-0.3, -0.25) is 14.3 Å². The Morgan fingerprint density at radius 2 is 2.14 bits per heavy atom. The smallest absolute Gasteiger partial charge is 0.330 e. The summed E-state index contributed by atoms with van der Waals surface area (Å²) in [4.78, 5) is 25.8. The van der Waals surface area contributed by atoms with Crippen molar-refractivity contribution >= 4 is 0 Å². The summed E-state index contributed by atoms with van der Waals surface area (Å²) < 4.78 is 7.17. The average Bonchev–Trinajstić information content (AvgIpc) is 2.50.